The molecule has 1 aromatic carbocycles. The molecule has 3 fully saturated rings. The average molecular weight is 381 g/mol. The molecular weight excluding hydrogens is 363 g/mol. The van der Waals surface area contributed by atoms with Crippen LogP contribution in [0, 0.1) is 5.92 Å². The molecule has 6 nitrogen and oxygen atoms in total. The van der Waals surface area contributed by atoms with Crippen LogP contribution in [0.2, 0.25) is 0 Å². The summed E-state index contributed by atoms with van der Waals surface area (Å²) in [5.41, 5.74) is 0.465. The van der Waals surface area contributed by atoms with E-state index in [-0.39, 0.29) is 23.6 Å². The van der Waals surface area contributed by atoms with Crippen molar-refractivity contribution >= 4 is 5.91 Å². The summed E-state index contributed by atoms with van der Waals surface area (Å²) in [5.74, 6) is -1.13. The van der Waals surface area contributed by atoms with Gasteiger partial charge >= 0.3 is 18.0 Å². The number of carbonyl (C=O) groups is 1. The molecular formula is C18H18F3N3O3. The van der Waals surface area contributed by atoms with E-state index in [1.54, 1.807) is 12.1 Å². The number of halogens is 3. The minimum Gasteiger partial charge on any atom is -0.425 e. The smallest absolute Gasteiger partial charge is 0.425 e. The van der Waals surface area contributed by atoms with Gasteiger partial charge in [-0.1, -0.05) is 0 Å². The highest BCUT2D eigenvalue weighted by Gasteiger charge is 2.37. The van der Waals surface area contributed by atoms with Crippen molar-refractivity contribution in [1.29, 1.82) is 0 Å². The number of piperidine rings is 3. The van der Waals surface area contributed by atoms with Gasteiger partial charge in [0.05, 0.1) is 0 Å². The Morgan fingerprint density at radius 3 is 2.48 bits per heavy atom. The molecule has 0 spiro atoms. The van der Waals surface area contributed by atoms with Crippen molar-refractivity contribution in [2.24, 2.45) is 5.92 Å². The van der Waals surface area contributed by atoms with E-state index in [0.29, 0.717) is 11.5 Å². The fourth-order valence-electron chi connectivity index (χ4n) is 3.61. The Morgan fingerprint density at radius 2 is 1.93 bits per heavy atom. The highest BCUT2D eigenvalue weighted by atomic mass is 19.4. The van der Waals surface area contributed by atoms with E-state index >= 15 is 0 Å². The van der Waals surface area contributed by atoms with Crippen LogP contribution in [0.4, 0.5) is 13.2 Å². The predicted octanol–water partition coefficient (Wildman–Crippen LogP) is 3.31. The molecule has 2 bridgehead atoms. The molecule has 3 saturated heterocycles. The number of rotatable bonds is 4. The van der Waals surface area contributed by atoms with E-state index in [4.69, 9.17) is 4.74 Å². The second kappa shape index (κ2) is 6.88. The third-order valence-corrected chi connectivity index (χ3v) is 5.03. The second-order valence-electron chi connectivity index (χ2n) is 6.83. The molecule has 1 atom stereocenters. The summed E-state index contributed by atoms with van der Waals surface area (Å²) in [6.45, 7) is 3.08. The van der Waals surface area contributed by atoms with Crippen molar-refractivity contribution in [2.45, 2.75) is 25.1 Å². The van der Waals surface area contributed by atoms with Crippen molar-refractivity contribution in [3.8, 4) is 11.7 Å². The van der Waals surface area contributed by atoms with Crippen LogP contribution in [-0.2, 0) is 6.18 Å². The molecule has 5 rings (SSSR count). The molecule has 2 aromatic rings. The number of hydrogen-bond acceptors (Lipinski definition) is 5. The third kappa shape index (κ3) is 3.92. The van der Waals surface area contributed by atoms with Crippen molar-refractivity contribution in [3.63, 3.8) is 0 Å². The highest BCUT2D eigenvalue weighted by Crippen LogP contribution is 2.32. The number of nitrogens with zero attached hydrogens (tertiary/aromatic N) is 2. The normalized spacial score (nSPS) is 24.6. The van der Waals surface area contributed by atoms with E-state index in [2.05, 4.69) is 19.6 Å². The van der Waals surface area contributed by atoms with Gasteiger partial charge in [0.2, 0.25) is 0 Å². The Balaban J connectivity index is 1.37. The van der Waals surface area contributed by atoms with Crippen LogP contribution in [0.1, 0.15) is 29.1 Å². The van der Waals surface area contributed by atoms with Crippen LogP contribution in [-0.4, -0.2) is 41.5 Å². The van der Waals surface area contributed by atoms with E-state index in [0.717, 1.165) is 38.7 Å². The molecule has 9 heteroatoms. The Bertz CT molecular complexity index is 811. The number of aromatic nitrogens is 1. The molecule has 1 amide bonds. The van der Waals surface area contributed by atoms with Crippen LogP contribution in [0.5, 0.6) is 11.7 Å². The SMILES string of the molecule is O=C(NC1CN2CCC1CC2)c1ccc(Oc2cnc(C(F)(F)F)o2)cc1. The standard InChI is InChI=1S/C18H18F3N3O3/c19-18(20,21)17-22-9-15(27-17)26-13-3-1-12(2-4-13)16(25)23-14-10-24-7-5-11(14)6-8-24/h1-4,9,11,14H,5-8,10H2,(H,23,25). The van der Waals surface area contributed by atoms with Gasteiger partial charge < -0.3 is 19.4 Å². The maximum absolute atomic E-state index is 12.5. The molecule has 3 aliphatic heterocycles. The van der Waals surface area contributed by atoms with Crippen LogP contribution < -0.4 is 10.1 Å². The lowest BCUT2D eigenvalue weighted by atomic mass is 9.84. The van der Waals surface area contributed by atoms with E-state index in [1.807, 2.05) is 0 Å². The van der Waals surface area contributed by atoms with E-state index in [1.165, 1.54) is 12.1 Å². The van der Waals surface area contributed by atoms with E-state index in [9.17, 15) is 18.0 Å². The number of fused-ring (bicyclic) bond motifs is 3. The van der Waals surface area contributed by atoms with Gasteiger partial charge in [0.15, 0.2) is 0 Å². The summed E-state index contributed by atoms with van der Waals surface area (Å²) in [6, 6.07) is 6.29. The van der Waals surface area contributed by atoms with Gasteiger partial charge in [0.25, 0.3) is 5.91 Å². The number of carbonyl (C=O) groups excluding carboxylic acids is 1. The lowest BCUT2D eigenvalue weighted by molar-refractivity contribution is -0.157. The Kier molecular flexibility index (Phi) is 4.55. The van der Waals surface area contributed by atoms with Crippen molar-refractivity contribution in [2.75, 3.05) is 19.6 Å². The minimum absolute atomic E-state index is 0.158. The first kappa shape index (κ1) is 17.8. The minimum atomic E-state index is -4.67. The predicted molar refractivity (Wildman–Crippen MR) is 88.4 cm³/mol. The highest BCUT2D eigenvalue weighted by molar-refractivity contribution is 5.94. The quantitative estimate of drug-likeness (QED) is 0.880. The summed E-state index contributed by atoms with van der Waals surface area (Å²) >= 11 is 0. The number of benzene rings is 1. The van der Waals surface area contributed by atoms with Crippen molar-refractivity contribution in [3.05, 3.63) is 41.9 Å². The summed E-state index contributed by atoms with van der Waals surface area (Å²) in [5, 5.41) is 3.08. The molecule has 1 unspecified atom stereocenters. The van der Waals surface area contributed by atoms with Crippen molar-refractivity contribution < 1.29 is 27.1 Å². The first-order valence-corrected chi connectivity index (χ1v) is 8.72. The number of hydrogen-bond donors (Lipinski definition) is 1. The van der Waals surface area contributed by atoms with Crippen LogP contribution >= 0.6 is 0 Å². The zero-order chi connectivity index (χ0) is 19.0. The topological polar surface area (TPSA) is 67.6 Å². The molecule has 0 aliphatic carbocycles. The first-order valence-electron chi connectivity index (χ1n) is 8.72. The first-order chi connectivity index (χ1) is 12.9. The maximum Gasteiger partial charge on any atom is 0.469 e. The van der Waals surface area contributed by atoms with Crippen LogP contribution in [0.15, 0.2) is 34.9 Å². The van der Waals surface area contributed by atoms with Crippen LogP contribution in [0.3, 0.4) is 0 Å². The van der Waals surface area contributed by atoms with E-state index < -0.39 is 12.1 Å². The number of alkyl halides is 3. The lowest BCUT2D eigenvalue weighted by Crippen LogP contribution is -2.57. The molecule has 3 aliphatic rings. The zero-order valence-electron chi connectivity index (χ0n) is 14.3. The fraction of sp³-hybridized carbons (Fsp3) is 0.444. The maximum atomic E-state index is 12.5. The van der Waals surface area contributed by atoms with Gasteiger partial charge in [-0.25, -0.2) is 4.98 Å². The second-order valence-corrected chi connectivity index (χ2v) is 6.83. The van der Waals surface area contributed by atoms with Crippen molar-refractivity contribution in [1.82, 2.24) is 15.2 Å². The zero-order valence-corrected chi connectivity index (χ0v) is 14.3. The number of nitrogens with one attached hydrogen (secondary N) is 1. The van der Waals surface area contributed by atoms with Gasteiger partial charge in [0.1, 0.15) is 11.9 Å². The summed E-state index contributed by atoms with van der Waals surface area (Å²) in [7, 11) is 0. The lowest BCUT2D eigenvalue weighted by Gasteiger charge is -2.44. The number of ether oxygens (including phenoxy) is 1. The number of amides is 1. The molecule has 144 valence electrons. The largest absolute Gasteiger partial charge is 0.469 e. The van der Waals surface area contributed by atoms with Crippen LogP contribution in [0.25, 0.3) is 0 Å². The van der Waals surface area contributed by atoms with Gasteiger partial charge in [-0.2, -0.15) is 13.2 Å². The van der Waals surface area contributed by atoms with Gasteiger partial charge in [-0.15, -0.1) is 0 Å². The fourth-order valence-corrected chi connectivity index (χ4v) is 3.61. The number of oxazole rings is 1. The summed E-state index contributed by atoms with van der Waals surface area (Å²) in [6.07, 6.45) is -1.60. The van der Waals surface area contributed by atoms with Gasteiger partial charge in [-0.05, 0) is 56.1 Å². The molecule has 4 heterocycles. The average Bonchev–Trinajstić information content (AvgIpc) is 3.12. The van der Waals surface area contributed by atoms with Gasteiger partial charge in [0, 0.05) is 18.2 Å². The summed E-state index contributed by atoms with van der Waals surface area (Å²) < 4.78 is 47.1. The Labute approximate surface area is 153 Å². The summed E-state index contributed by atoms with van der Waals surface area (Å²) in [4.78, 5) is 17.9. The molecule has 1 N–H and O–H groups in total. The monoisotopic (exact) mass is 381 g/mol. The third-order valence-electron chi connectivity index (χ3n) is 5.03. The Hall–Kier alpha value is -2.55. The molecule has 0 saturated carbocycles. The Morgan fingerprint density at radius 1 is 1.22 bits per heavy atom. The molecule has 0 radical (unpaired) electrons. The van der Waals surface area contributed by atoms with Gasteiger partial charge in [-0.3, -0.25) is 4.79 Å². The molecule has 27 heavy (non-hydrogen) atoms. The molecule has 1 aromatic heterocycles.